The van der Waals surface area contributed by atoms with E-state index in [0.29, 0.717) is 5.69 Å². The van der Waals surface area contributed by atoms with Crippen LogP contribution in [-0.4, -0.2) is 40.3 Å². The fraction of sp³-hybridized carbons (Fsp3) is 0.267. The zero-order valence-corrected chi connectivity index (χ0v) is 11.6. The fourth-order valence-corrected chi connectivity index (χ4v) is 2.41. The molecule has 1 unspecified atom stereocenters. The van der Waals surface area contributed by atoms with Crippen LogP contribution in [0.4, 0.5) is 4.79 Å². The van der Waals surface area contributed by atoms with Gasteiger partial charge in [-0.3, -0.25) is 4.79 Å². The monoisotopic (exact) mass is 302 g/mol. The molecule has 1 aliphatic heterocycles. The first kappa shape index (κ1) is 14.1. The SMILES string of the molecule is O=C(CC(c1ccc(O)cc1)c1ccon1)N1CCOC1=O. The van der Waals surface area contributed by atoms with E-state index in [-0.39, 0.29) is 37.1 Å². The van der Waals surface area contributed by atoms with E-state index in [9.17, 15) is 14.7 Å². The lowest BCUT2D eigenvalue weighted by Crippen LogP contribution is -2.32. The van der Waals surface area contributed by atoms with Crippen molar-refractivity contribution in [3.8, 4) is 5.75 Å². The van der Waals surface area contributed by atoms with Gasteiger partial charge in [0.05, 0.1) is 12.2 Å². The molecule has 2 amide bonds. The first-order chi connectivity index (χ1) is 10.6. The number of hydrogen-bond acceptors (Lipinski definition) is 6. The zero-order valence-electron chi connectivity index (χ0n) is 11.6. The maximum Gasteiger partial charge on any atom is 0.416 e. The molecule has 2 heterocycles. The number of aromatic hydroxyl groups is 1. The minimum Gasteiger partial charge on any atom is -0.508 e. The minimum absolute atomic E-state index is 0.0619. The second-order valence-electron chi connectivity index (χ2n) is 4.93. The number of carbonyl (C=O) groups is 2. The highest BCUT2D eigenvalue weighted by Gasteiger charge is 2.31. The molecule has 1 fully saturated rings. The van der Waals surface area contributed by atoms with E-state index >= 15 is 0 Å². The highest BCUT2D eigenvalue weighted by molar-refractivity contribution is 5.93. The lowest BCUT2D eigenvalue weighted by molar-refractivity contribution is -0.128. The van der Waals surface area contributed by atoms with Crippen LogP contribution in [0, 0.1) is 0 Å². The quantitative estimate of drug-likeness (QED) is 0.927. The summed E-state index contributed by atoms with van der Waals surface area (Å²) in [5.41, 5.74) is 1.39. The summed E-state index contributed by atoms with van der Waals surface area (Å²) < 4.78 is 9.63. The van der Waals surface area contributed by atoms with E-state index in [1.54, 1.807) is 18.2 Å². The second kappa shape index (κ2) is 5.88. The molecule has 2 aromatic rings. The normalized spacial score (nSPS) is 15.6. The molecule has 0 saturated carbocycles. The molecule has 1 aliphatic rings. The Morgan fingerprint density at radius 3 is 2.68 bits per heavy atom. The molecule has 1 atom stereocenters. The molecule has 114 valence electrons. The van der Waals surface area contributed by atoms with Crippen LogP contribution in [0.2, 0.25) is 0 Å². The lowest BCUT2D eigenvalue weighted by atomic mass is 9.92. The van der Waals surface area contributed by atoms with E-state index in [4.69, 9.17) is 9.26 Å². The molecule has 22 heavy (non-hydrogen) atoms. The summed E-state index contributed by atoms with van der Waals surface area (Å²) in [7, 11) is 0. The predicted molar refractivity (Wildman–Crippen MR) is 74.1 cm³/mol. The minimum atomic E-state index is -0.616. The van der Waals surface area contributed by atoms with Crippen molar-refractivity contribution in [2.45, 2.75) is 12.3 Å². The van der Waals surface area contributed by atoms with E-state index in [1.807, 2.05) is 0 Å². The average molecular weight is 302 g/mol. The Morgan fingerprint density at radius 2 is 2.09 bits per heavy atom. The van der Waals surface area contributed by atoms with Crippen LogP contribution in [0.25, 0.3) is 0 Å². The Labute approximate surface area is 126 Å². The molecule has 1 aromatic heterocycles. The summed E-state index contributed by atoms with van der Waals surface area (Å²) in [5.74, 6) is -0.555. The Hall–Kier alpha value is -2.83. The second-order valence-corrected chi connectivity index (χ2v) is 4.93. The number of carbonyl (C=O) groups excluding carboxylic acids is 2. The molecule has 0 spiro atoms. The molecule has 0 radical (unpaired) electrons. The molecule has 0 bridgehead atoms. The molecular weight excluding hydrogens is 288 g/mol. The first-order valence-corrected chi connectivity index (χ1v) is 6.81. The van der Waals surface area contributed by atoms with Crippen LogP contribution in [0.1, 0.15) is 23.6 Å². The van der Waals surface area contributed by atoms with E-state index in [2.05, 4.69) is 5.16 Å². The number of benzene rings is 1. The Balaban J connectivity index is 1.84. The van der Waals surface area contributed by atoms with Crippen molar-refractivity contribution in [1.29, 1.82) is 0 Å². The summed E-state index contributed by atoms with van der Waals surface area (Å²) in [6, 6.07) is 8.18. The van der Waals surface area contributed by atoms with Crippen LogP contribution in [-0.2, 0) is 9.53 Å². The number of imide groups is 1. The third-order valence-electron chi connectivity index (χ3n) is 3.55. The topological polar surface area (TPSA) is 92.9 Å². The van der Waals surface area contributed by atoms with Crippen molar-refractivity contribution in [1.82, 2.24) is 10.1 Å². The average Bonchev–Trinajstić information content (AvgIpc) is 3.17. The van der Waals surface area contributed by atoms with Crippen LogP contribution < -0.4 is 0 Å². The number of phenolic OH excluding ortho intramolecular Hbond substituents is 1. The molecular formula is C15H14N2O5. The van der Waals surface area contributed by atoms with Gasteiger partial charge in [0.1, 0.15) is 18.6 Å². The summed E-state index contributed by atoms with van der Waals surface area (Å²) in [4.78, 5) is 24.9. The maximum absolute atomic E-state index is 12.3. The first-order valence-electron chi connectivity index (χ1n) is 6.81. The smallest absolute Gasteiger partial charge is 0.416 e. The molecule has 1 N–H and O–H groups in total. The van der Waals surface area contributed by atoms with Crippen molar-refractivity contribution in [3.63, 3.8) is 0 Å². The van der Waals surface area contributed by atoms with Gasteiger partial charge in [-0.1, -0.05) is 17.3 Å². The van der Waals surface area contributed by atoms with Crippen molar-refractivity contribution < 1.29 is 24.0 Å². The van der Waals surface area contributed by atoms with Crippen molar-refractivity contribution in [2.75, 3.05) is 13.2 Å². The lowest BCUT2D eigenvalue weighted by Gasteiger charge is -2.17. The van der Waals surface area contributed by atoms with Gasteiger partial charge in [0.15, 0.2) is 0 Å². The third kappa shape index (κ3) is 2.78. The van der Waals surface area contributed by atoms with Crippen molar-refractivity contribution in [3.05, 3.63) is 47.9 Å². The number of amides is 2. The highest BCUT2D eigenvalue weighted by Crippen LogP contribution is 2.29. The third-order valence-corrected chi connectivity index (χ3v) is 3.55. The molecule has 7 nitrogen and oxygen atoms in total. The fourth-order valence-electron chi connectivity index (χ4n) is 2.41. The van der Waals surface area contributed by atoms with Crippen LogP contribution >= 0.6 is 0 Å². The van der Waals surface area contributed by atoms with Crippen LogP contribution in [0.3, 0.4) is 0 Å². The number of aromatic nitrogens is 1. The number of rotatable bonds is 4. The molecule has 0 aliphatic carbocycles. The zero-order chi connectivity index (χ0) is 15.5. The number of phenols is 1. The summed E-state index contributed by atoms with van der Waals surface area (Å²) in [5, 5.41) is 13.3. The maximum atomic E-state index is 12.3. The van der Waals surface area contributed by atoms with Gasteiger partial charge in [-0.2, -0.15) is 0 Å². The predicted octanol–water partition coefficient (Wildman–Crippen LogP) is 1.88. The van der Waals surface area contributed by atoms with Gasteiger partial charge in [0.25, 0.3) is 0 Å². The van der Waals surface area contributed by atoms with Gasteiger partial charge >= 0.3 is 6.09 Å². The van der Waals surface area contributed by atoms with Crippen molar-refractivity contribution in [2.24, 2.45) is 0 Å². The van der Waals surface area contributed by atoms with Gasteiger partial charge in [-0.15, -0.1) is 0 Å². The Kier molecular flexibility index (Phi) is 3.78. The van der Waals surface area contributed by atoms with Gasteiger partial charge in [0, 0.05) is 18.4 Å². The summed E-state index contributed by atoms with van der Waals surface area (Å²) >= 11 is 0. The van der Waals surface area contributed by atoms with E-state index < -0.39 is 6.09 Å². The van der Waals surface area contributed by atoms with Crippen molar-refractivity contribution >= 4 is 12.0 Å². The summed E-state index contributed by atoms with van der Waals surface area (Å²) in [6.07, 6.45) is 0.874. The Morgan fingerprint density at radius 1 is 1.32 bits per heavy atom. The number of ether oxygens (including phenoxy) is 1. The standard InChI is InChI=1S/C15H14N2O5/c18-11-3-1-10(2-4-11)12(13-5-7-22-16-13)9-14(19)17-6-8-21-15(17)20/h1-5,7,12,18H,6,8-9H2. The van der Waals surface area contributed by atoms with Gasteiger partial charge in [-0.25, -0.2) is 9.69 Å². The van der Waals surface area contributed by atoms with E-state index in [1.165, 1.54) is 18.4 Å². The van der Waals surface area contributed by atoms with Crippen LogP contribution in [0.15, 0.2) is 41.1 Å². The number of cyclic esters (lactones) is 1. The van der Waals surface area contributed by atoms with Gasteiger partial charge in [0.2, 0.25) is 5.91 Å². The molecule has 1 aromatic carbocycles. The molecule has 1 saturated heterocycles. The van der Waals surface area contributed by atoms with Gasteiger partial charge < -0.3 is 14.4 Å². The summed E-state index contributed by atoms with van der Waals surface area (Å²) in [6.45, 7) is 0.483. The molecule has 7 heteroatoms. The highest BCUT2D eigenvalue weighted by atomic mass is 16.6. The van der Waals surface area contributed by atoms with Crippen LogP contribution in [0.5, 0.6) is 5.75 Å². The molecule has 3 rings (SSSR count). The Bertz CT molecular complexity index is 666. The number of nitrogens with zero attached hydrogens (tertiary/aromatic N) is 2. The van der Waals surface area contributed by atoms with E-state index in [0.717, 1.165) is 10.5 Å². The largest absolute Gasteiger partial charge is 0.508 e. The number of hydrogen-bond donors (Lipinski definition) is 1. The van der Waals surface area contributed by atoms with Gasteiger partial charge in [-0.05, 0) is 17.7 Å².